The predicted molar refractivity (Wildman–Crippen MR) is 109 cm³/mol. The van der Waals surface area contributed by atoms with E-state index >= 15 is 0 Å². The van der Waals surface area contributed by atoms with Crippen molar-refractivity contribution < 1.29 is 14.3 Å². The highest BCUT2D eigenvalue weighted by molar-refractivity contribution is 5.68. The molecule has 2 N–H and O–H groups in total. The third-order valence-corrected chi connectivity index (χ3v) is 4.66. The summed E-state index contributed by atoms with van der Waals surface area (Å²) >= 11 is 0. The van der Waals surface area contributed by atoms with Crippen LogP contribution in [0.15, 0.2) is 18.2 Å². The van der Waals surface area contributed by atoms with Crippen LogP contribution in [0.1, 0.15) is 53.0 Å². The Morgan fingerprint density at radius 1 is 1.30 bits per heavy atom. The molecule has 2 rings (SSSR count). The maximum atomic E-state index is 12.3. The van der Waals surface area contributed by atoms with Gasteiger partial charge in [-0.2, -0.15) is 0 Å². The Labute approximate surface area is 163 Å². The van der Waals surface area contributed by atoms with Crippen molar-refractivity contribution >= 4 is 11.8 Å². The number of ether oxygens (including phenoxy) is 2. The minimum Gasteiger partial charge on any atom is -0.492 e. The van der Waals surface area contributed by atoms with Gasteiger partial charge in [-0.05, 0) is 57.4 Å². The average Bonchev–Trinajstić information content (AvgIpc) is 2.54. The fourth-order valence-corrected chi connectivity index (χ4v) is 3.26. The molecule has 6 nitrogen and oxygen atoms in total. The summed E-state index contributed by atoms with van der Waals surface area (Å²) < 4.78 is 11.5. The van der Waals surface area contributed by atoms with E-state index < -0.39 is 5.60 Å². The zero-order chi connectivity index (χ0) is 20.2. The molecule has 0 spiro atoms. The van der Waals surface area contributed by atoms with E-state index in [2.05, 4.69) is 25.7 Å². The van der Waals surface area contributed by atoms with E-state index in [9.17, 15) is 4.79 Å². The van der Waals surface area contributed by atoms with Gasteiger partial charge in [-0.1, -0.05) is 13.8 Å². The summed E-state index contributed by atoms with van der Waals surface area (Å²) in [5.41, 5.74) is 7.33. The lowest BCUT2D eigenvalue weighted by atomic mass is 10.0. The molecule has 0 radical (unpaired) electrons. The highest BCUT2D eigenvalue weighted by Gasteiger charge is 2.30. The van der Waals surface area contributed by atoms with Crippen LogP contribution in [0.2, 0.25) is 0 Å². The second kappa shape index (κ2) is 8.83. The predicted octanol–water partition coefficient (Wildman–Crippen LogP) is 3.71. The van der Waals surface area contributed by atoms with E-state index in [1.54, 1.807) is 0 Å². The molecule has 0 aliphatic carbocycles. The molecule has 1 atom stereocenters. The number of nitrogens with zero attached hydrogens (tertiary/aromatic N) is 2. The lowest BCUT2D eigenvalue weighted by Crippen LogP contribution is -2.55. The molecule has 0 aromatic heterocycles. The Balaban J connectivity index is 1.83. The van der Waals surface area contributed by atoms with E-state index in [-0.39, 0.29) is 12.1 Å². The molecule has 0 saturated carbocycles. The molecule has 1 heterocycles. The number of piperazine rings is 1. The number of amides is 1. The third kappa shape index (κ3) is 6.31. The molecule has 1 aromatic rings. The first kappa shape index (κ1) is 21.4. The van der Waals surface area contributed by atoms with Crippen LogP contribution >= 0.6 is 0 Å². The van der Waals surface area contributed by atoms with Crippen LogP contribution in [0.25, 0.3) is 0 Å². The van der Waals surface area contributed by atoms with Gasteiger partial charge >= 0.3 is 6.09 Å². The van der Waals surface area contributed by atoms with Crippen molar-refractivity contribution in [3.05, 3.63) is 23.8 Å². The summed E-state index contributed by atoms with van der Waals surface area (Å²) in [6.07, 6.45) is -0.227. The van der Waals surface area contributed by atoms with Crippen LogP contribution in [-0.2, 0) is 4.74 Å². The minimum absolute atomic E-state index is 0.122. The monoisotopic (exact) mass is 377 g/mol. The van der Waals surface area contributed by atoms with Crippen LogP contribution in [0, 0.1) is 0 Å². The van der Waals surface area contributed by atoms with E-state index in [1.807, 2.05) is 43.9 Å². The molecule has 1 aliphatic rings. The maximum Gasteiger partial charge on any atom is 0.410 e. The first-order valence-electron chi connectivity index (χ1n) is 9.81. The van der Waals surface area contributed by atoms with Crippen LogP contribution in [0.5, 0.6) is 5.75 Å². The molecule has 27 heavy (non-hydrogen) atoms. The summed E-state index contributed by atoms with van der Waals surface area (Å²) in [5, 5.41) is 0. The second-order valence-electron chi connectivity index (χ2n) is 8.62. The molecule has 152 valence electrons. The second-order valence-corrected chi connectivity index (χ2v) is 8.62. The highest BCUT2D eigenvalue weighted by Crippen LogP contribution is 2.28. The third-order valence-electron chi connectivity index (χ3n) is 4.66. The summed E-state index contributed by atoms with van der Waals surface area (Å²) in [7, 11) is 0. The largest absolute Gasteiger partial charge is 0.492 e. The van der Waals surface area contributed by atoms with Crippen molar-refractivity contribution in [2.45, 2.75) is 59.1 Å². The topological polar surface area (TPSA) is 68.0 Å². The normalized spacial score (nSPS) is 18.6. The summed E-state index contributed by atoms with van der Waals surface area (Å²) in [5.74, 6) is 1.26. The molecule has 0 bridgehead atoms. The van der Waals surface area contributed by atoms with Crippen LogP contribution in [0.3, 0.4) is 0 Å². The van der Waals surface area contributed by atoms with Gasteiger partial charge in [0.1, 0.15) is 18.0 Å². The minimum atomic E-state index is -0.463. The number of carbonyl (C=O) groups excluding carboxylic acids is 1. The standard InChI is InChI=1S/C21H35N3O3/c1-15(2)18-13-17(22)7-8-19(18)26-12-11-23-9-10-24(16(3)14-23)20(25)27-21(4,5)6/h7-8,13,15-16H,9-12,14,22H2,1-6H3/t16-/m1/s1. The van der Waals surface area contributed by atoms with Crippen LogP contribution < -0.4 is 10.5 Å². The molecule has 1 amide bonds. The Hall–Kier alpha value is -1.95. The SMILES string of the molecule is CC(C)c1cc(N)ccc1OCCN1CCN(C(=O)OC(C)(C)C)[C@H](C)C1. The maximum absolute atomic E-state index is 12.3. The summed E-state index contributed by atoms with van der Waals surface area (Å²) in [4.78, 5) is 16.5. The van der Waals surface area contributed by atoms with Crippen molar-refractivity contribution in [3.63, 3.8) is 0 Å². The number of benzene rings is 1. The number of rotatable bonds is 5. The van der Waals surface area contributed by atoms with Crippen molar-refractivity contribution in [2.24, 2.45) is 0 Å². The first-order chi connectivity index (χ1) is 12.6. The number of hydrogen-bond acceptors (Lipinski definition) is 5. The lowest BCUT2D eigenvalue weighted by Gasteiger charge is -2.40. The van der Waals surface area contributed by atoms with Crippen LogP contribution in [0.4, 0.5) is 10.5 Å². The molecular formula is C21H35N3O3. The number of carbonyl (C=O) groups is 1. The van der Waals surface area contributed by atoms with Crippen molar-refractivity contribution in [1.29, 1.82) is 0 Å². The Morgan fingerprint density at radius 3 is 2.59 bits per heavy atom. The fourth-order valence-electron chi connectivity index (χ4n) is 3.26. The highest BCUT2D eigenvalue weighted by atomic mass is 16.6. The van der Waals surface area contributed by atoms with E-state index in [1.165, 1.54) is 0 Å². The van der Waals surface area contributed by atoms with E-state index in [4.69, 9.17) is 15.2 Å². The van der Waals surface area contributed by atoms with E-state index in [0.717, 1.165) is 36.6 Å². The quantitative estimate of drug-likeness (QED) is 0.792. The summed E-state index contributed by atoms with van der Waals surface area (Å²) in [6, 6.07) is 5.94. The molecule has 1 fully saturated rings. The molecule has 1 aliphatic heterocycles. The van der Waals surface area contributed by atoms with Gasteiger partial charge in [0.05, 0.1) is 0 Å². The Kier molecular flexibility index (Phi) is 6.98. The molecule has 1 aromatic carbocycles. The van der Waals surface area contributed by atoms with Gasteiger partial charge < -0.3 is 20.1 Å². The first-order valence-corrected chi connectivity index (χ1v) is 9.81. The van der Waals surface area contributed by atoms with Crippen molar-refractivity contribution in [3.8, 4) is 5.75 Å². The Bertz CT molecular complexity index is 640. The zero-order valence-corrected chi connectivity index (χ0v) is 17.6. The van der Waals surface area contributed by atoms with E-state index in [0.29, 0.717) is 19.1 Å². The summed E-state index contributed by atoms with van der Waals surface area (Å²) in [6.45, 7) is 15.8. The van der Waals surface area contributed by atoms with Gasteiger partial charge in [-0.3, -0.25) is 4.90 Å². The van der Waals surface area contributed by atoms with Gasteiger partial charge in [0, 0.05) is 37.9 Å². The number of nitrogen functional groups attached to an aromatic ring is 1. The van der Waals surface area contributed by atoms with Crippen LogP contribution in [-0.4, -0.2) is 60.3 Å². The molecular weight excluding hydrogens is 342 g/mol. The smallest absolute Gasteiger partial charge is 0.410 e. The van der Waals surface area contributed by atoms with Gasteiger partial charge in [-0.25, -0.2) is 4.79 Å². The van der Waals surface area contributed by atoms with Gasteiger partial charge in [-0.15, -0.1) is 0 Å². The van der Waals surface area contributed by atoms with Crippen molar-refractivity contribution in [2.75, 3.05) is 38.5 Å². The molecule has 0 unspecified atom stereocenters. The average molecular weight is 378 g/mol. The van der Waals surface area contributed by atoms with Gasteiger partial charge in [0.15, 0.2) is 0 Å². The number of anilines is 1. The number of nitrogens with two attached hydrogens (primary N) is 1. The fraction of sp³-hybridized carbons (Fsp3) is 0.667. The Morgan fingerprint density at radius 2 is 2.00 bits per heavy atom. The van der Waals surface area contributed by atoms with Gasteiger partial charge in [0.2, 0.25) is 0 Å². The molecule has 6 heteroatoms. The van der Waals surface area contributed by atoms with Gasteiger partial charge in [0.25, 0.3) is 0 Å². The molecule has 1 saturated heterocycles. The number of hydrogen-bond donors (Lipinski definition) is 1. The zero-order valence-electron chi connectivity index (χ0n) is 17.6. The van der Waals surface area contributed by atoms with Crippen molar-refractivity contribution in [1.82, 2.24) is 9.80 Å². The lowest BCUT2D eigenvalue weighted by molar-refractivity contribution is 0.000347.